The first kappa shape index (κ1) is 15.0. The lowest BCUT2D eigenvalue weighted by molar-refractivity contribution is 0.0833. The van der Waals surface area contributed by atoms with Crippen molar-refractivity contribution in [2.75, 3.05) is 11.4 Å². The summed E-state index contributed by atoms with van der Waals surface area (Å²) in [4.78, 5) is 18.0. The number of hydrogen-bond acceptors (Lipinski definition) is 3. The molecule has 114 valence electrons. The van der Waals surface area contributed by atoms with Crippen LogP contribution in [0.4, 0.5) is 10.1 Å². The highest BCUT2D eigenvalue weighted by Crippen LogP contribution is 2.39. The van der Waals surface area contributed by atoms with Gasteiger partial charge >= 0.3 is 0 Å². The van der Waals surface area contributed by atoms with Gasteiger partial charge in [-0.25, -0.2) is 4.39 Å². The number of aromatic nitrogens is 1. The van der Waals surface area contributed by atoms with Crippen LogP contribution in [0.2, 0.25) is 0 Å². The van der Waals surface area contributed by atoms with Crippen molar-refractivity contribution >= 4 is 27.5 Å². The molecule has 1 aromatic carbocycles. The Morgan fingerprint density at radius 2 is 2.18 bits per heavy atom. The highest BCUT2D eigenvalue weighted by molar-refractivity contribution is 9.10. The Morgan fingerprint density at radius 1 is 1.41 bits per heavy atom. The number of anilines is 1. The van der Waals surface area contributed by atoms with Gasteiger partial charge < -0.3 is 9.64 Å². The van der Waals surface area contributed by atoms with Crippen molar-refractivity contribution in [3.63, 3.8) is 0 Å². The van der Waals surface area contributed by atoms with Crippen molar-refractivity contribution in [1.29, 1.82) is 0 Å². The maximum absolute atomic E-state index is 13.9. The van der Waals surface area contributed by atoms with Gasteiger partial charge in [-0.05, 0) is 38.1 Å². The third kappa shape index (κ3) is 2.70. The van der Waals surface area contributed by atoms with Crippen LogP contribution >= 0.6 is 15.9 Å². The van der Waals surface area contributed by atoms with Gasteiger partial charge in [0.15, 0.2) is 5.82 Å². The van der Waals surface area contributed by atoms with Crippen LogP contribution in [-0.4, -0.2) is 23.0 Å². The summed E-state index contributed by atoms with van der Waals surface area (Å²) in [7, 11) is 0. The van der Waals surface area contributed by atoms with Gasteiger partial charge in [0, 0.05) is 10.7 Å². The van der Waals surface area contributed by atoms with Crippen LogP contribution in [0.3, 0.4) is 0 Å². The van der Waals surface area contributed by atoms with E-state index in [1.807, 2.05) is 19.9 Å². The summed E-state index contributed by atoms with van der Waals surface area (Å²) in [6, 6.07) is 6.80. The maximum atomic E-state index is 13.9. The number of pyridine rings is 1. The minimum absolute atomic E-state index is 0.00145. The average molecular weight is 365 g/mol. The lowest BCUT2D eigenvalue weighted by Crippen LogP contribution is -2.49. The molecule has 1 aromatic heterocycles. The van der Waals surface area contributed by atoms with Crippen molar-refractivity contribution in [1.82, 2.24) is 4.98 Å². The maximum Gasteiger partial charge on any atom is 0.261 e. The molecule has 0 spiro atoms. The Morgan fingerprint density at radius 3 is 2.91 bits per heavy atom. The lowest BCUT2D eigenvalue weighted by atomic mass is 10.0. The van der Waals surface area contributed by atoms with E-state index in [9.17, 15) is 9.18 Å². The number of carbonyl (C=O) groups excluding carboxylic acids is 1. The van der Waals surface area contributed by atoms with Gasteiger partial charge in [0.2, 0.25) is 0 Å². The molecule has 6 heteroatoms. The van der Waals surface area contributed by atoms with Crippen LogP contribution < -0.4 is 9.64 Å². The van der Waals surface area contributed by atoms with E-state index in [2.05, 4.69) is 20.9 Å². The van der Waals surface area contributed by atoms with E-state index in [0.29, 0.717) is 18.0 Å². The molecular formula is C16H14BrFN2O2. The summed E-state index contributed by atoms with van der Waals surface area (Å²) in [6.07, 6.45) is 2.45. The van der Waals surface area contributed by atoms with Crippen molar-refractivity contribution in [3.8, 4) is 5.75 Å². The van der Waals surface area contributed by atoms with Crippen molar-refractivity contribution in [2.45, 2.75) is 19.4 Å². The van der Waals surface area contributed by atoms with Crippen LogP contribution in [0, 0.1) is 5.82 Å². The Labute approximate surface area is 136 Å². The van der Waals surface area contributed by atoms with Crippen molar-refractivity contribution < 1.29 is 13.9 Å². The smallest absolute Gasteiger partial charge is 0.261 e. The molecule has 0 aliphatic carbocycles. The molecule has 2 heterocycles. The summed E-state index contributed by atoms with van der Waals surface area (Å²) < 4.78 is 20.6. The zero-order chi connectivity index (χ0) is 15.9. The van der Waals surface area contributed by atoms with Gasteiger partial charge in [-0.3, -0.25) is 9.78 Å². The Kier molecular flexibility index (Phi) is 3.64. The summed E-state index contributed by atoms with van der Waals surface area (Å²) in [5.41, 5.74) is 0.0674. The van der Waals surface area contributed by atoms with E-state index in [4.69, 9.17) is 4.74 Å². The minimum atomic E-state index is -0.629. The number of halogens is 2. The molecule has 4 nitrogen and oxygen atoms in total. The number of ether oxygens (including phenoxy) is 1. The highest BCUT2D eigenvalue weighted by Gasteiger charge is 2.36. The zero-order valence-electron chi connectivity index (χ0n) is 12.1. The first-order chi connectivity index (χ1) is 10.4. The van der Waals surface area contributed by atoms with Crippen LogP contribution in [0.15, 0.2) is 41.1 Å². The summed E-state index contributed by atoms with van der Waals surface area (Å²) in [5.74, 6) is -0.441. The Hall–Kier alpha value is -1.95. The standard InChI is InChI=1S/C16H14BrFN2O2/c1-16(2)9-20(13-4-3-10(17)7-14(13)22-16)15(21)11-5-6-19-8-12(11)18/h3-8H,9H2,1-2H3. The molecule has 0 N–H and O–H groups in total. The minimum Gasteiger partial charge on any atom is -0.484 e. The SMILES string of the molecule is CC1(C)CN(C(=O)c2ccncc2F)c2ccc(Br)cc2O1. The number of hydrogen-bond donors (Lipinski definition) is 0. The first-order valence-corrected chi connectivity index (χ1v) is 7.57. The molecule has 0 radical (unpaired) electrons. The van der Waals surface area contributed by atoms with Crippen molar-refractivity contribution in [3.05, 3.63) is 52.5 Å². The molecule has 3 rings (SSSR count). The summed E-state index contributed by atoms with van der Waals surface area (Å²) >= 11 is 3.39. The molecule has 0 unspecified atom stereocenters. The van der Waals surface area contributed by atoms with Gasteiger partial charge in [0.05, 0.1) is 24.0 Å². The largest absolute Gasteiger partial charge is 0.484 e. The van der Waals surface area contributed by atoms with Gasteiger partial charge in [-0.2, -0.15) is 0 Å². The number of amides is 1. The molecule has 2 aromatic rings. The average Bonchev–Trinajstić information content (AvgIpc) is 2.44. The quantitative estimate of drug-likeness (QED) is 0.772. The molecular weight excluding hydrogens is 351 g/mol. The molecule has 0 fully saturated rings. The number of fused-ring (bicyclic) bond motifs is 1. The van der Waals surface area contributed by atoms with Crippen LogP contribution in [-0.2, 0) is 0 Å². The van der Waals surface area contributed by atoms with E-state index in [1.165, 1.54) is 12.3 Å². The number of carbonyl (C=O) groups is 1. The normalized spacial score (nSPS) is 15.9. The first-order valence-electron chi connectivity index (χ1n) is 6.77. The van der Waals surface area contributed by atoms with E-state index in [0.717, 1.165) is 10.7 Å². The predicted molar refractivity (Wildman–Crippen MR) is 84.7 cm³/mol. The van der Waals surface area contributed by atoms with E-state index in [-0.39, 0.29) is 5.56 Å². The van der Waals surface area contributed by atoms with Crippen LogP contribution in [0.1, 0.15) is 24.2 Å². The molecule has 0 atom stereocenters. The third-order valence-corrected chi connectivity index (χ3v) is 3.88. The van der Waals surface area contributed by atoms with Crippen LogP contribution in [0.5, 0.6) is 5.75 Å². The second-order valence-corrected chi connectivity index (χ2v) is 6.64. The molecule has 22 heavy (non-hydrogen) atoms. The fourth-order valence-electron chi connectivity index (χ4n) is 2.46. The molecule has 0 bridgehead atoms. The van der Waals surface area contributed by atoms with Crippen LogP contribution in [0.25, 0.3) is 0 Å². The topological polar surface area (TPSA) is 42.4 Å². The molecule has 1 aliphatic rings. The highest BCUT2D eigenvalue weighted by atomic mass is 79.9. The van der Waals surface area contributed by atoms with Gasteiger partial charge in [-0.1, -0.05) is 15.9 Å². The second-order valence-electron chi connectivity index (χ2n) is 5.72. The zero-order valence-corrected chi connectivity index (χ0v) is 13.7. The third-order valence-electron chi connectivity index (χ3n) is 3.39. The van der Waals surface area contributed by atoms with E-state index < -0.39 is 17.3 Å². The van der Waals surface area contributed by atoms with Gasteiger partial charge in [0.25, 0.3) is 5.91 Å². The lowest BCUT2D eigenvalue weighted by Gasteiger charge is -2.39. The van der Waals surface area contributed by atoms with Gasteiger partial charge in [-0.15, -0.1) is 0 Å². The molecule has 1 aliphatic heterocycles. The van der Waals surface area contributed by atoms with E-state index >= 15 is 0 Å². The van der Waals surface area contributed by atoms with E-state index in [1.54, 1.807) is 17.0 Å². The molecule has 1 amide bonds. The second kappa shape index (κ2) is 5.35. The Bertz CT molecular complexity index is 749. The summed E-state index contributed by atoms with van der Waals surface area (Å²) in [5, 5.41) is 0. The molecule has 0 saturated heterocycles. The number of benzene rings is 1. The molecule has 0 saturated carbocycles. The predicted octanol–water partition coefficient (Wildman–Crippen LogP) is 3.80. The number of nitrogens with zero attached hydrogens (tertiary/aromatic N) is 2. The Balaban J connectivity index is 2.07. The van der Waals surface area contributed by atoms with Crippen molar-refractivity contribution in [2.24, 2.45) is 0 Å². The fourth-order valence-corrected chi connectivity index (χ4v) is 2.80. The summed E-state index contributed by atoms with van der Waals surface area (Å²) in [6.45, 7) is 4.11. The fraction of sp³-hybridized carbons (Fsp3) is 0.250. The number of rotatable bonds is 1. The van der Waals surface area contributed by atoms with Gasteiger partial charge in [0.1, 0.15) is 11.4 Å². The monoisotopic (exact) mass is 364 g/mol.